The molecule has 0 fully saturated rings. The van der Waals surface area contributed by atoms with Crippen molar-refractivity contribution in [1.29, 1.82) is 0 Å². The lowest BCUT2D eigenvalue weighted by atomic mass is 9.67. The lowest BCUT2D eigenvalue weighted by molar-refractivity contribution is 0.770. The fourth-order valence-electron chi connectivity index (χ4n) is 6.11. The molecule has 0 aliphatic heterocycles. The summed E-state index contributed by atoms with van der Waals surface area (Å²) in [7, 11) is 2.16. The molecule has 0 N–H and O–H groups in total. The van der Waals surface area contributed by atoms with Gasteiger partial charge in [-0.15, -0.1) is 0 Å². The average Bonchev–Trinajstić information content (AvgIpc) is 3.35. The van der Waals surface area contributed by atoms with Crippen molar-refractivity contribution >= 4 is 21.8 Å². The minimum absolute atomic E-state index is 0.348. The molecular formula is C32H23N. The highest BCUT2D eigenvalue weighted by molar-refractivity contribution is 6.08. The first kappa shape index (κ1) is 18.5. The predicted molar refractivity (Wildman–Crippen MR) is 138 cm³/mol. The molecule has 0 atom stereocenters. The zero-order chi connectivity index (χ0) is 22.0. The number of rotatable bonds is 2. The summed E-state index contributed by atoms with van der Waals surface area (Å²) in [6.45, 7) is 0. The molecule has 1 heterocycles. The van der Waals surface area contributed by atoms with Crippen molar-refractivity contribution in [3.63, 3.8) is 0 Å². The molecule has 0 spiro atoms. The minimum Gasteiger partial charge on any atom is -0.344 e. The van der Waals surface area contributed by atoms with Gasteiger partial charge in [0.25, 0.3) is 0 Å². The molecule has 5 aromatic carbocycles. The van der Waals surface area contributed by atoms with E-state index in [1.807, 2.05) is 0 Å². The highest BCUT2D eigenvalue weighted by Gasteiger charge is 2.45. The number of fused-ring (bicyclic) bond motifs is 6. The van der Waals surface area contributed by atoms with Crippen LogP contribution in [0, 0.1) is 0 Å². The SMILES string of the molecule is Cn1c2ccccc2c2cc(C3(c4ccccc4)c4ccccc4-c4ccccc43)ccc21. The lowest BCUT2D eigenvalue weighted by Gasteiger charge is -2.34. The van der Waals surface area contributed by atoms with Gasteiger partial charge in [0, 0.05) is 28.9 Å². The van der Waals surface area contributed by atoms with Crippen molar-refractivity contribution in [3.05, 3.63) is 144 Å². The fraction of sp³-hybridized carbons (Fsp3) is 0.0625. The summed E-state index contributed by atoms with van der Waals surface area (Å²) < 4.78 is 2.31. The third kappa shape index (κ3) is 2.32. The predicted octanol–water partition coefficient (Wildman–Crippen LogP) is 7.69. The van der Waals surface area contributed by atoms with Gasteiger partial charge in [0.15, 0.2) is 0 Å². The second-order valence-corrected chi connectivity index (χ2v) is 9.02. The van der Waals surface area contributed by atoms with Gasteiger partial charge in [0.05, 0.1) is 5.41 Å². The number of benzene rings is 5. The monoisotopic (exact) mass is 421 g/mol. The van der Waals surface area contributed by atoms with Gasteiger partial charge in [-0.1, -0.05) is 103 Å². The number of para-hydroxylation sites is 1. The third-order valence-electron chi connectivity index (χ3n) is 7.51. The van der Waals surface area contributed by atoms with Crippen LogP contribution in [-0.4, -0.2) is 4.57 Å². The Morgan fingerprint density at radius 2 is 1.06 bits per heavy atom. The normalized spacial score (nSPS) is 13.8. The van der Waals surface area contributed by atoms with Gasteiger partial charge >= 0.3 is 0 Å². The molecule has 1 aliphatic rings. The van der Waals surface area contributed by atoms with E-state index in [0.29, 0.717) is 0 Å². The number of hydrogen-bond donors (Lipinski definition) is 0. The summed E-state index contributed by atoms with van der Waals surface area (Å²) in [5.74, 6) is 0. The molecule has 7 rings (SSSR count). The molecular weight excluding hydrogens is 398 g/mol. The van der Waals surface area contributed by atoms with E-state index in [1.54, 1.807) is 0 Å². The lowest BCUT2D eigenvalue weighted by Crippen LogP contribution is -2.28. The Morgan fingerprint density at radius 1 is 0.485 bits per heavy atom. The van der Waals surface area contributed by atoms with Gasteiger partial charge in [-0.2, -0.15) is 0 Å². The van der Waals surface area contributed by atoms with Crippen LogP contribution in [0.4, 0.5) is 0 Å². The topological polar surface area (TPSA) is 4.93 Å². The first-order valence-corrected chi connectivity index (χ1v) is 11.5. The van der Waals surface area contributed by atoms with Gasteiger partial charge < -0.3 is 4.57 Å². The molecule has 0 unspecified atom stereocenters. The van der Waals surface area contributed by atoms with Gasteiger partial charge in [0.1, 0.15) is 0 Å². The Morgan fingerprint density at radius 3 is 1.79 bits per heavy atom. The summed E-state index contributed by atoms with van der Waals surface area (Å²) in [5, 5.41) is 2.61. The van der Waals surface area contributed by atoms with E-state index in [2.05, 4.69) is 133 Å². The fourth-order valence-corrected chi connectivity index (χ4v) is 6.11. The highest BCUT2D eigenvalue weighted by Crippen LogP contribution is 2.56. The Hall–Kier alpha value is -4.10. The van der Waals surface area contributed by atoms with Crippen molar-refractivity contribution in [2.75, 3.05) is 0 Å². The summed E-state index contributed by atoms with van der Waals surface area (Å²) in [5.41, 5.74) is 10.2. The molecule has 156 valence electrons. The molecule has 0 saturated carbocycles. The van der Waals surface area contributed by atoms with E-state index in [-0.39, 0.29) is 5.41 Å². The third-order valence-corrected chi connectivity index (χ3v) is 7.51. The van der Waals surface area contributed by atoms with Crippen LogP contribution in [0.2, 0.25) is 0 Å². The van der Waals surface area contributed by atoms with Gasteiger partial charge in [-0.05, 0) is 51.6 Å². The van der Waals surface area contributed by atoms with Crippen molar-refractivity contribution in [3.8, 4) is 11.1 Å². The van der Waals surface area contributed by atoms with Crippen LogP contribution in [0.3, 0.4) is 0 Å². The molecule has 0 saturated heterocycles. The maximum absolute atomic E-state index is 2.43. The van der Waals surface area contributed by atoms with Gasteiger partial charge in [-0.3, -0.25) is 0 Å². The van der Waals surface area contributed by atoms with Crippen molar-refractivity contribution in [2.24, 2.45) is 7.05 Å². The van der Waals surface area contributed by atoms with Gasteiger partial charge in [-0.25, -0.2) is 0 Å². The second kappa shape index (κ2) is 6.70. The Labute approximate surface area is 193 Å². The molecule has 0 bridgehead atoms. The number of aromatic nitrogens is 1. The summed E-state index contributed by atoms with van der Waals surface area (Å²) >= 11 is 0. The van der Waals surface area contributed by atoms with Crippen LogP contribution < -0.4 is 0 Å². The average molecular weight is 422 g/mol. The molecule has 1 aliphatic carbocycles. The van der Waals surface area contributed by atoms with E-state index < -0.39 is 0 Å². The van der Waals surface area contributed by atoms with Crippen molar-refractivity contribution in [2.45, 2.75) is 5.41 Å². The van der Waals surface area contributed by atoms with E-state index in [4.69, 9.17) is 0 Å². The van der Waals surface area contributed by atoms with E-state index >= 15 is 0 Å². The first-order chi connectivity index (χ1) is 16.3. The molecule has 1 heteroatoms. The number of aryl methyl sites for hydroxylation is 1. The summed E-state index contributed by atoms with van der Waals surface area (Å²) in [6.07, 6.45) is 0. The van der Waals surface area contributed by atoms with Crippen LogP contribution in [0.25, 0.3) is 32.9 Å². The van der Waals surface area contributed by atoms with Crippen molar-refractivity contribution in [1.82, 2.24) is 4.57 Å². The minimum atomic E-state index is -0.348. The van der Waals surface area contributed by atoms with E-state index in [1.165, 1.54) is 55.2 Å². The van der Waals surface area contributed by atoms with Crippen LogP contribution >= 0.6 is 0 Å². The number of hydrogen-bond acceptors (Lipinski definition) is 0. The van der Waals surface area contributed by atoms with Crippen molar-refractivity contribution < 1.29 is 0 Å². The zero-order valence-corrected chi connectivity index (χ0v) is 18.5. The Bertz CT molecular complexity index is 1620. The first-order valence-electron chi connectivity index (χ1n) is 11.5. The standard InChI is InChI=1S/C32H23N/c1-33-30-18-10-7-15-26(30)27-21-23(19-20-31(27)33)32(22-11-3-2-4-12-22)28-16-8-5-13-24(28)25-14-6-9-17-29(25)32/h2-21H,1H3. The molecule has 6 aromatic rings. The van der Waals surface area contributed by atoms with E-state index in [0.717, 1.165) is 0 Å². The largest absolute Gasteiger partial charge is 0.344 e. The molecule has 1 nitrogen and oxygen atoms in total. The molecule has 33 heavy (non-hydrogen) atoms. The van der Waals surface area contributed by atoms with Gasteiger partial charge in [0.2, 0.25) is 0 Å². The molecule has 1 aromatic heterocycles. The van der Waals surface area contributed by atoms with Crippen LogP contribution in [0.5, 0.6) is 0 Å². The smallest absolute Gasteiger partial charge is 0.0713 e. The Balaban J connectivity index is 1.66. The second-order valence-electron chi connectivity index (χ2n) is 9.02. The quantitative estimate of drug-likeness (QED) is 0.270. The van der Waals surface area contributed by atoms with Crippen LogP contribution in [0.1, 0.15) is 22.3 Å². The zero-order valence-electron chi connectivity index (χ0n) is 18.5. The molecule has 0 amide bonds. The summed E-state index contributed by atoms with van der Waals surface area (Å²) in [4.78, 5) is 0. The Kier molecular flexibility index (Phi) is 3.75. The van der Waals surface area contributed by atoms with E-state index in [9.17, 15) is 0 Å². The maximum Gasteiger partial charge on any atom is 0.0713 e. The summed E-state index contributed by atoms with van der Waals surface area (Å²) in [6, 6.07) is 44.6. The molecule has 0 radical (unpaired) electrons. The maximum atomic E-state index is 2.43. The van der Waals surface area contributed by atoms with Crippen LogP contribution in [-0.2, 0) is 12.5 Å². The highest BCUT2D eigenvalue weighted by atomic mass is 14.9. The van der Waals surface area contributed by atoms with Crippen LogP contribution in [0.15, 0.2) is 121 Å². The number of nitrogens with zero attached hydrogens (tertiary/aromatic N) is 1.